The average Bonchev–Trinajstić information content (AvgIpc) is 3.15. The van der Waals surface area contributed by atoms with Gasteiger partial charge in [-0.05, 0) is 30.7 Å². The monoisotopic (exact) mass is 311 g/mol. The van der Waals surface area contributed by atoms with Crippen molar-refractivity contribution in [2.75, 3.05) is 6.54 Å². The smallest absolute Gasteiger partial charge is 0.272 e. The van der Waals surface area contributed by atoms with Crippen molar-refractivity contribution in [2.45, 2.75) is 46.1 Å². The molecular formula is C19H25N3O. The lowest BCUT2D eigenvalue weighted by Crippen LogP contribution is -2.37. The number of aromatic nitrogens is 2. The van der Waals surface area contributed by atoms with Crippen molar-refractivity contribution in [3.8, 4) is 11.3 Å². The molecule has 0 bridgehead atoms. The Morgan fingerprint density at radius 3 is 2.74 bits per heavy atom. The zero-order valence-electron chi connectivity index (χ0n) is 14.2. The molecule has 2 heterocycles. The van der Waals surface area contributed by atoms with Crippen LogP contribution in [-0.2, 0) is 0 Å². The topological polar surface area (TPSA) is 49.0 Å². The first-order chi connectivity index (χ1) is 10.9. The summed E-state index contributed by atoms with van der Waals surface area (Å²) in [6.45, 7) is 7.55. The number of carbonyl (C=O) groups is 1. The fourth-order valence-electron chi connectivity index (χ4n) is 3.36. The number of likely N-dealkylation sites (tertiary alicyclic amines) is 1. The van der Waals surface area contributed by atoms with Crippen LogP contribution in [0.1, 0.15) is 50.5 Å². The Balaban J connectivity index is 1.77. The second kappa shape index (κ2) is 6.19. The van der Waals surface area contributed by atoms with Crippen LogP contribution in [0, 0.1) is 5.41 Å². The van der Waals surface area contributed by atoms with Crippen molar-refractivity contribution < 1.29 is 4.79 Å². The molecule has 0 radical (unpaired) electrons. The lowest BCUT2D eigenvalue weighted by molar-refractivity contribution is 0.0698. The van der Waals surface area contributed by atoms with Crippen molar-refractivity contribution in [2.24, 2.45) is 5.41 Å². The van der Waals surface area contributed by atoms with Crippen LogP contribution in [0.25, 0.3) is 11.3 Å². The number of rotatable bonds is 3. The lowest BCUT2D eigenvalue weighted by atomic mass is 9.87. The van der Waals surface area contributed by atoms with Crippen LogP contribution in [0.5, 0.6) is 0 Å². The van der Waals surface area contributed by atoms with Gasteiger partial charge in [0.2, 0.25) is 0 Å². The van der Waals surface area contributed by atoms with E-state index < -0.39 is 0 Å². The van der Waals surface area contributed by atoms with E-state index in [1.165, 1.54) is 0 Å². The second-order valence-electron chi connectivity index (χ2n) is 7.59. The Hall–Kier alpha value is -2.10. The molecule has 1 atom stereocenters. The molecule has 1 aromatic carbocycles. The quantitative estimate of drug-likeness (QED) is 0.927. The van der Waals surface area contributed by atoms with E-state index in [-0.39, 0.29) is 11.3 Å². The van der Waals surface area contributed by atoms with Crippen LogP contribution < -0.4 is 0 Å². The number of benzene rings is 1. The molecule has 1 aliphatic rings. The number of carbonyl (C=O) groups excluding carboxylic acids is 1. The van der Waals surface area contributed by atoms with Crippen molar-refractivity contribution in [3.05, 3.63) is 42.1 Å². The maximum absolute atomic E-state index is 12.8. The summed E-state index contributed by atoms with van der Waals surface area (Å²) >= 11 is 0. The Labute approximate surface area is 137 Å². The minimum atomic E-state index is 0.0754. The number of nitrogens with one attached hydrogen (secondary N) is 1. The standard InChI is InChI=1S/C19H25N3O/c1-19(2,3)13-15-10-7-11-22(15)18(23)17-12-16(20-21-17)14-8-5-4-6-9-14/h4-6,8-9,12,15H,7,10-11,13H2,1-3H3,(H,20,21). The largest absolute Gasteiger partial charge is 0.334 e. The first-order valence-corrected chi connectivity index (χ1v) is 8.36. The molecule has 1 amide bonds. The van der Waals surface area contributed by atoms with E-state index in [9.17, 15) is 4.79 Å². The van der Waals surface area contributed by atoms with Crippen LogP contribution in [0.3, 0.4) is 0 Å². The Kier molecular flexibility index (Phi) is 4.24. The molecular weight excluding hydrogens is 286 g/mol. The average molecular weight is 311 g/mol. The third kappa shape index (κ3) is 3.63. The number of hydrogen-bond donors (Lipinski definition) is 1. The van der Waals surface area contributed by atoms with E-state index in [0.29, 0.717) is 11.7 Å². The fourth-order valence-corrected chi connectivity index (χ4v) is 3.36. The molecule has 1 saturated heterocycles. The second-order valence-corrected chi connectivity index (χ2v) is 7.59. The van der Waals surface area contributed by atoms with E-state index in [1.807, 2.05) is 41.3 Å². The summed E-state index contributed by atoms with van der Waals surface area (Å²) in [5, 5.41) is 7.23. The summed E-state index contributed by atoms with van der Waals surface area (Å²) in [5.41, 5.74) is 2.66. The number of aromatic amines is 1. The molecule has 0 spiro atoms. The fraction of sp³-hybridized carbons (Fsp3) is 0.474. The molecule has 1 aromatic heterocycles. The van der Waals surface area contributed by atoms with Gasteiger partial charge in [0.25, 0.3) is 5.91 Å². The van der Waals surface area contributed by atoms with Crippen LogP contribution in [-0.4, -0.2) is 33.6 Å². The van der Waals surface area contributed by atoms with Gasteiger partial charge in [0.05, 0.1) is 5.69 Å². The van der Waals surface area contributed by atoms with E-state index in [2.05, 4.69) is 31.0 Å². The highest BCUT2D eigenvalue weighted by molar-refractivity contribution is 5.93. The van der Waals surface area contributed by atoms with E-state index in [4.69, 9.17) is 0 Å². The summed E-state index contributed by atoms with van der Waals surface area (Å²) in [7, 11) is 0. The number of H-pyrrole nitrogens is 1. The normalized spacial score (nSPS) is 18.4. The number of nitrogens with zero attached hydrogens (tertiary/aromatic N) is 2. The van der Waals surface area contributed by atoms with Gasteiger partial charge in [0.1, 0.15) is 5.69 Å². The van der Waals surface area contributed by atoms with Crippen molar-refractivity contribution in [3.63, 3.8) is 0 Å². The molecule has 1 fully saturated rings. The number of hydrogen-bond acceptors (Lipinski definition) is 2. The van der Waals surface area contributed by atoms with Crippen molar-refractivity contribution in [1.82, 2.24) is 15.1 Å². The van der Waals surface area contributed by atoms with Gasteiger partial charge >= 0.3 is 0 Å². The summed E-state index contributed by atoms with van der Waals surface area (Å²) in [6, 6.07) is 12.1. The van der Waals surface area contributed by atoms with Gasteiger partial charge < -0.3 is 4.90 Å². The van der Waals surface area contributed by atoms with Crippen LogP contribution in [0.4, 0.5) is 0 Å². The first-order valence-electron chi connectivity index (χ1n) is 8.36. The third-order valence-corrected chi connectivity index (χ3v) is 4.36. The summed E-state index contributed by atoms with van der Waals surface area (Å²) in [6.07, 6.45) is 3.23. The minimum Gasteiger partial charge on any atom is -0.334 e. The first kappa shape index (κ1) is 15.8. The molecule has 3 rings (SSSR count). The molecule has 122 valence electrons. The maximum Gasteiger partial charge on any atom is 0.272 e. The molecule has 0 aliphatic carbocycles. The molecule has 4 nitrogen and oxygen atoms in total. The zero-order chi connectivity index (χ0) is 16.4. The van der Waals surface area contributed by atoms with Gasteiger partial charge in [-0.1, -0.05) is 51.1 Å². The Bertz CT molecular complexity index is 669. The highest BCUT2D eigenvalue weighted by atomic mass is 16.2. The van der Waals surface area contributed by atoms with Gasteiger partial charge in [-0.15, -0.1) is 0 Å². The molecule has 1 unspecified atom stereocenters. The van der Waals surface area contributed by atoms with Crippen LogP contribution in [0.2, 0.25) is 0 Å². The Morgan fingerprint density at radius 2 is 2.04 bits per heavy atom. The van der Waals surface area contributed by atoms with Gasteiger partial charge in [-0.3, -0.25) is 9.89 Å². The summed E-state index contributed by atoms with van der Waals surface area (Å²) < 4.78 is 0. The maximum atomic E-state index is 12.8. The lowest BCUT2D eigenvalue weighted by Gasteiger charge is -2.30. The van der Waals surface area contributed by atoms with Gasteiger partial charge in [-0.25, -0.2) is 0 Å². The SMILES string of the molecule is CC(C)(C)CC1CCCN1C(=O)c1cc(-c2ccccc2)n[nH]1. The van der Waals surface area contributed by atoms with E-state index >= 15 is 0 Å². The highest BCUT2D eigenvalue weighted by Gasteiger charge is 2.32. The molecule has 4 heteroatoms. The van der Waals surface area contributed by atoms with Gasteiger partial charge in [0.15, 0.2) is 0 Å². The van der Waals surface area contributed by atoms with Crippen molar-refractivity contribution in [1.29, 1.82) is 0 Å². The minimum absolute atomic E-state index is 0.0754. The molecule has 23 heavy (non-hydrogen) atoms. The predicted molar refractivity (Wildman–Crippen MR) is 92.2 cm³/mol. The van der Waals surface area contributed by atoms with Gasteiger partial charge in [-0.2, -0.15) is 5.10 Å². The van der Waals surface area contributed by atoms with E-state index in [0.717, 1.165) is 37.1 Å². The predicted octanol–water partition coefficient (Wildman–Crippen LogP) is 4.12. The van der Waals surface area contributed by atoms with Gasteiger partial charge in [0, 0.05) is 18.2 Å². The molecule has 1 aliphatic heterocycles. The molecule has 0 saturated carbocycles. The summed E-state index contributed by atoms with van der Waals surface area (Å²) in [5.74, 6) is 0.0754. The van der Waals surface area contributed by atoms with Crippen LogP contribution in [0.15, 0.2) is 36.4 Å². The Morgan fingerprint density at radius 1 is 1.30 bits per heavy atom. The number of amides is 1. The molecule has 1 N–H and O–H groups in total. The third-order valence-electron chi connectivity index (χ3n) is 4.36. The van der Waals surface area contributed by atoms with Crippen molar-refractivity contribution >= 4 is 5.91 Å². The molecule has 2 aromatic rings. The summed E-state index contributed by atoms with van der Waals surface area (Å²) in [4.78, 5) is 14.9. The highest BCUT2D eigenvalue weighted by Crippen LogP contribution is 2.31. The zero-order valence-corrected chi connectivity index (χ0v) is 14.2. The van der Waals surface area contributed by atoms with Crippen LogP contribution >= 0.6 is 0 Å². The van der Waals surface area contributed by atoms with E-state index in [1.54, 1.807) is 0 Å².